The van der Waals surface area contributed by atoms with E-state index in [0.717, 1.165) is 16.5 Å². The zero-order valence-corrected chi connectivity index (χ0v) is 23.9. The first-order valence-corrected chi connectivity index (χ1v) is 14.7. The van der Waals surface area contributed by atoms with Gasteiger partial charge in [-0.1, -0.05) is 39.8 Å². The summed E-state index contributed by atoms with van der Waals surface area (Å²) < 4.78 is 31.9. The maximum absolute atomic E-state index is 13.9. The second kappa shape index (κ2) is 10.2. The van der Waals surface area contributed by atoms with Crippen LogP contribution in [0.15, 0.2) is 24.3 Å². The summed E-state index contributed by atoms with van der Waals surface area (Å²) in [6.45, 7) is 11.4. The third-order valence-corrected chi connectivity index (χ3v) is 9.32. The smallest absolute Gasteiger partial charge is 0.294 e. The Balaban J connectivity index is 1.56. The second-order valence-electron chi connectivity index (χ2n) is 12.0. The normalized spacial score (nSPS) is 24.2. The molecule has 0 bridgehead atoms. The van der Waals surface area contributed by atoms with E-state index in [4.69, 9.17) is 0 Å². The second-order valence-corrected chi connectivity index (χ2v) is 13.5. The Kier molecular flexibility index (Phi) is 7.61. The molecule has 39 heavy (non-hydrogen) atoms. The lowest BCUT2D eigenvalue weighted by Crippen LogP contribution is -2.58. The van der Waals surface area contributed by atoms with Gasteiger partial charge in [-0.2, -0.15) is 8.42 Å². The van der Waals surface area contributed by atoms with Gasteiger partial charge in [0, 0.05) is 17.4 Å². The predicted octanol–water partition coefficient (Wildman–Crippen LogP) is 1.81. The summed E-state index contributed by atoms with van der Waals surface area (Å²) in [5.74, 6) is -1.47. The molecule has 1 saturated carbocycles. The molecule has 6 atom stereocenters. The van der Waals surface area contributed by atoms with Crippen LogP contribution in [0.1, 0.15) is 57.1 Å². The van der Waals surface area contributed by atoms with Gasteiger partial charge in [0.15, 0.2) is 0 Å². The SMILES string of the molecule is Cc1cccc2[nH]c(C(=O)N[C@@H](CC(C)C)C(=O)N3C[C@H]4[C@@H]([C@H]3C(=O)N[C@@H](C)C(O)S(=O)(=O)O)C4(C)C)cc12. The average molecular weight is 563 g/mol. The maximum Gasteiger partial charge on any atom is 0.294 e. The van der Waals surface area contributed by atoms with Crippen LogP contribution in [0.3, 0.4) is 0 Å². The van der Waals surface area contributed by atoms with Crippen LogP contribution in [0.2, 0.25) is 0 Å². The van der Waals surface area contributed by atoms with Crippen LogP contribution in [-0.4, -0.2) is 75.8 Å². The lowest BCUT2D eigenvalue weighted by atomic mass is 9.97. The Bertz CT molecular complexity index is 1400. The standard InChI is InChI=1S/C27H38N4O7S/c1-13(2)10-20(30-23(32)19-11-16-14(3)8-7-9-18(16)29-19)25(34)31-12-17-21(27(17,5)6)22(31)24(33)28-15(4)26(35)39(36,37)38/h7-9,11,13,15,17,20-22,26,29,35H,10,12H2,1-6H3,(H,28,33)(H,30,32)(H,36,37,38)/t15-,17-,20-,21-,22-,26?/m0/s1. The van der Waals surface area contributed by atoms with E-state index >= 15 is 0 Å². The number of aliphatic hydroxyl groups is 1. The molecule has 214 valence electrons. The van der Waals surface area contributed by atoms with Gasteiger partial charge in [0.1, 0.15) is 17.8 Å². The number of likely N-dealkylation sites (tertiary alicyclic amines) is 1. The molecular formula is C27H38N4O7S. The minimum absolute atomic E-state index is 0.0612. The van der Waals surface area contributed by atoms with Crippen molar-refractivity contribution in [2.75, 3.05) is 6.54 Å². The van der Waals surface area contributed by atoms with Crippen molar-refractivity contribution < 1.29 is 32.5 Å². The maximum atomic E-state index is 13.9. The number of carbonyl (C=O) groups is 3. The van der Waals surface area contributed by atoms with Crippen molar-refractivity contribution >= 4 is 38.7 Å². The summed E-state index contributed by atoms with van der Waals surface area (Å²) in [6, 6.07) is 4.37. The van der Waals surface area contributed by atoms with Crippen molar-refractivity contribution in [2.45, 2.75) is 71.5 Å². The Morgan fingerprint density at radius 3 is 2.44 bits per heavy atom. The number of benzene rings is 1. The van der Waals surface area contributed by atoms with Gasteiger partial charge in [0.2, 0.25) is 17.3 Å². The summed E-state index contributed by atoms with van der Waals surface area (Å²) in [5.41, 5.74) is -0.259. The summed E-state index contributed by atoms with van der Waals surface area (Å²) in [7, 11) is -4.80. The fourth-order valence-corrected chi connectivity index (χ4v) is 6.59. The highest BCUT2D eigenvalue weighted by Gasteiger charge is 2.69. The van der Waals surface area contributed by atoms with Gasteiger partial charge >= 0.3 is 0 Å². The Labute approximate surface area is 228 Å². The van der Waals surface area contributed by atoms with E-state index in [2.05, 4.69) is 15.6 Å². The Morgan fingerprint density at radius 2 is 1.85 bits per heavy atom. The molecule has 0 radical (unpaired) electrons. The van der Waals surface area contributed by atoms with E-state index in [9.17, 15) is 32.5 Å². The molecule has 11 nitrogen and oxygen atoms in total. The van der Waals surface area contributed by atoms with Crippen molar-refractivity contribution in [3.05, 3.63) is 35.5 Å². The van der Waals surface area contributed by atoms with Gasteiger partial charge < -0.3 is 25.6 Å². The molecule has 2 aliphatic rings. The number of aryl methyl sites for hydroxylation is 1. The molecule has 5 N–H and O–H groups in total. The number of nitrogens with zero attached hydrogens (tertiary/aromatic N) is 1. The highest BCUT2D eigenvalue weighted by Crippen LogP contribution is 2.65. The van der Waals surface area contributed by atoms with Crippen LogP contribution in [0.5, 0.6) is 0 Å². The lowest BCUT2D eigenvalue weighted by Gasteiger charge is -2.34. The lowest BCUT2D eigenvalue weighted by molar-refractivity contribution is -0.142. The molecule has 2 fully saturated rings. The van der Waals surface area contributed by atoms with Gasteiger partial charge in [-0.25, -0.2) is 0 Å². The number of amides is 3. The van der Waals surface area contributed by atoms with Crippen molar-refractivity contribution in [2.24, 2.45) is 23.2 Å². The van der Waals surface area contributed by atoms with Crippen LogP contribution in [-0.2, 0) is 19.7 Å². The third kappa shape index (κ3) is 5.55. The molecular weight excluding hydrogens is 524 g/mol. The number of aromatic nitrogens is 1. The highest BCUT2D eigenvalue weighted by atomic mass is 32.2. The first kappa shape index (κ1) is 29.0. The molecule has 2 heterocycles. The number of nitrogens with one attached hydrogen (secondary N) is 3. The first-order chi connectivity index (χ1) is 18.0. The van der Waals surface area contributed by atoms with Crippen LogP contribution < -0.4 is 10.6 Å². The third-order valence-electron chi connectivity index (χ3n) is 8.30. The molecule has 3 amide bonds. The van der Waals surface area contributed by atoms with Crippen LogP contribution in [0, 0.1) is 30.1 Å². The van der Waals surface area contributed by atoms with Crippen molar-refractivity contribution in [3.8, 4) is 0 Å². The number of hydrogen-bond acceptors (Lipinski definition) is 6. The summed E-state index contributed by atoms with van der Waals surface area (Å²) in [4.78, 5) is 45.1. The molecule has 1 aliphatic heterocycles. The van der Waals surface area contributed by atoms with Crippen LogP contribution >= 0.6 is 0 Å². The number of H-pyrrole nitrogens is 1. The number of hydrogen-bond donors (Lipinski definition) is 5. The molecule has 12 heteroatoms. The molecule has 1 aromatic heterocycles. The first-order valence-electron chi connectivity index (χ1n) is 13.2. The summed E-state index contributed by atoms with van der Waals surface area (Å²) in [5, 5.41) is 16.1. The molecule has 1 unspecified atom stereocenters. The number of rotatable bonds is 9. The number of carbonyl (C=O) groups excluding carboxylic acids is 3. The molecule has 1 aromatic carbocycles. The molecule has 4 rings (SSSR count). The number of aromatic amines is 1. The average Bonchev–Trinajstić information content (AvgIpc) is 3.22. The zero-order valence-electron chi connectivity index (χ0n) is 23.1. The van der Waals surface area contributed by atoms with E-state index < -0.39 is 51.4 Å². The highest BCUT2D eigenvalue weighted by molar-refractivity contribution is 7.86. The minimum Gasteiger partial charge on any atom is -0.374 e. The monoisotopic (exact) mass is 562 g/mol. The van der Waals surface area contributed by atoms with Gasteiger partial charge in [-0.3, -0.25) is 18.9 Å². The zero-order chi connectivity index (χ0) is 29.0. The summed E-state index contributed by atoms with van der Waals surface area (Å²) in [6.07, 6.45) is 0.352. The fourth-order valence-electron chi connectivity index (χ4n) is 6.01. The van der Waals surface area contributed by atoms with Crippen molar-refractivity contribution in [1.29, 1.82) is 0 Å². The Hall–Kier alpha value is -2.96. The van der Waals surface area contributed by atoms with E-state index in [1.54, 1.807) is 6.07 Å². The molecule has 1 aliphatic carbocycles. The predicted molar refractivity (Wildman–Crippen MR) is 145 cm³/mol. The van der Waals surface area contributed by atoms with Crippen molar-refractivity contribution in [1.82, 2.24) is 20.5 Å². The van der Waals surface area contributed by atoms with Gasteiger partial charge in [0.25, 0.3) is 16.0 Å². The van der Waals surface area contributed by atoms with Crippen LogP contribution in [0.25, 0.3) is 10.9 Å². The fraction of sp³-hybridized carbons (Fsp3) is 0.593. The minimum atomic E-state index is -4.80. The number of fused-ring (bicyclic) bond motifs is 2. The van der Waals surface area contributed by atoms with E-state index in [0.29, 0.717) is 18.7 Å². The quantitative estimate of drug-likeness (QED) is 0.290. The van der Waals surface area contributed by atoms with E-state index in [1.807, 2.05) is 52.8 Å². The topological polar surface area (TPSA) is 169 Å². The largest absolute Gasteiger partial charge is 0.374 e. The Morgan fingerprint density at radius 1 is 1.18 bits per heavy atom. The van der Waals surface area contributed by atoms with Gasteiger partial charge in [-0.05, 0) is 61.1 Å². The van der Waals surface area contributed by atoms with E-state index in [-0.39, 0.29) is 23.2 Å². The summed E-state index contributed by atoms with van der Waals surface area (Å²) >= 11 is 0. The van der Waals surface area contributed by atoms with E-state index in [1.165, 1.54) is 11.8 Å². The molecule has 2 aromatic rings. The molecule has 0 spiro atoms. The van der Waals surface area contributed by atoms with Gasteiger partial charge in [-0.15, -0.1) is 0 Å². The van der Waals surface area contributed by atoms with Gasteiger partial charge in [0.05, 0.1) is 6.04 Å². The van der Waals surface area contributed by atoms with Crippen LogP contribution in [0.4, 0.5) is 0 Å². The number of aliphatic hydroxyl groups excluding tert-OH is 1. The number of piperidine rings is 1. The van der Waals surface area contributed by atoms with Crippen molar-refractivity contribution in [3.63, 3.8) is 0 Å². The molecule has 1 saturated heterocycles.